The minimum atomic E-state index is -1.30. The number of carbonyl (C=O) groups excluding carboxylic acids is 2. The van der Waals surface area contributed by atoms with Gasteiger partial charge in [0.05, 0.1) is 0 Å². The summed E-state index contributed by atoms with van der Waals surface area (Å²) in [7, 11) is 0. The highest BCUT2D eigenvalue weighted by molar-refractivity contribution is 5.84. The molecule has 1 saturated carbocycles. The Morgan fingerprint density at radius 3 is 2.38 bits per heavy atom. The fourth-order valence-corrected chi connectivity index (χ4v) is 2.44. The zero-order valence-corrected chi connectivity index (χ0v) is 11.8. The van der Waals surface area contributed by atoms with Gasteiger partial charge in [-0.25, -0.2) is 10.2 Å². The van der Waals surface area contributed by atoms with Gasteiger partial charge >= 0.3 is 6.03 Å². The van der Waals surface area contributed by atoms with Crippen LogP contribution in [0.15, 0.2) is 30.3 Å². The molecule has 1 aliphatic carbocycles. The largest absolute Gasteiger partial charge is 0.378 e. The molecule has 3 amide bonds. The van der Waals surface area contributed by atoms with Crippen LogP contribution in [0.4, 0.5) is 4.79 Å². The van der Waals surface area contributed by atoms with Crippen molar-refractivity contribution in [3.05, 3.63) is 35.9 Å². The van der Waals surface area contributed by atoms with Crippen LogP contribution in [0.3, 0.4) is 0 Å². The van der Waals surface area contributed by atoms with Crippen molar-refractivity contribution in [2.75, 3.05) is 0 Å². The number of hydrazine groups is 1. The average Bonchev–Trinajstić information content (AvgIpc) is 2.53. The van der Waals surface area contributed by atoms with Gasteiger partial charge in [0, 0.05) is 6.04 Å². The van der Waals surface area contributed by atoms with E-state index >= 15 is 0 Å². The molecule has 6 nitrogen and oxygen atoms in total. The first-order chi connectivity index (χ1) is 10.2. The number of rotatable bonds is 3. The van der Waals surface area contributed by atoms with Crippen LogP contribution in [-0.2, 0) is 4.79 Å². The smallest absolute Gasteiger partial charge is 0.333 e. The van der Waals surface area contributed by atoms with Crippen molar-refractivity contribution in [1.29, 1.82) is 0 Å². The molecule has 4 N–H and O–H groups in total. The van der Waals surface area contributed by atoms with Gasteiger partial charge in [-0.3, -0.25) is 10.2 Å². The number of benzene rings is 1. The lowest BCUT2D eigenvalue weighted by molar-refractivity contribution is -0.130. The Morgan fingerprint density at radius 2 is 1.71 bits per heavy atom. The van der Waals surface area contributed by atoms with Gasteiger partial charge in [0.25, 0.3) is 5.91 Å². The molecule has 2 rings (SSSR count). The molecule has 1 aromatic carbocycles. The van der Waals surface area contributed by atoms with Gasteiger partial charge in [-0.1, -0.05) is 49.6 Å². The molecule has 0 saturated heterocycles. The summed E-state index contributed by atoms with van der Waals surface area (Å²) in [6, 6.07) is 8.26. The molecule has 0 heterocycles. The van der Waals surface area contributed by atoms with E-state index in [1.807, 2.05) is 0 Å². The number of aliphatic hydroxyl groups is 1. The van der Waals surface area contributed by atoms with Crippen molar-refractivity contribution in [2.45, 2.75) is 44.2 Å². The molecular formula is C15H21N3O3. The summed E-state index contributed by atoms with van der Waals surface area (Å²) in [5, 5.41) is 12.6. The highest BCUT2D eigenvalue weighted by atomic mass is 16.3. The van der Waals surface area contributed by atoms with Crippen molar-refractivity contribution < 1.29 is 14.7 Å². The first-order valence-corrected chi connectivity index (χ1v) is 7.26. The Kier molecular flexibility index (Phi) is 5.57. The van der Waals surface area contributed by atoms with Gasteiger partial charge in [0.15, 0.2) is 6.10 Å². The minimum Gasteiger partial charge on any atom is -0.378 e. The summed E-state index contributed by atoms with van der Waals surface area (Å²) in [4.78, 5) is 23.4. The van der Waals surface area contributed by atoms with Gasteiger partial charge < -0.3 is 10.4 Å². The fraction of sp³-hybridized carbons (Fsp3) is 0.467. The quantitative estimate of drug-likeness (QED) is 0.634. The van der Waals surface area contributed by atoms with Gasteiger partial charge in [0.2, 0.25) is 0 Å². The first-order valence-electron chi connectivity index (χ1n) is 7.26. The predicted molar refractivity (Wildman–Crippen MR) is 78.1 cm³/mol. The van der Waals surface area contributed by atoms with Gasteiger partial charge in [0.1, 0.15) is 0 Å². The fourth-order valence-electron chi connectivity index (χ4n) is 2.44. The van der Waals surface area contributed by atoms with Crippen LogP contribution < -0.4 is 16.2 Å². The average molecular weight is 291 g/mol. The molecule has 1 atom stereocenters. The topological polar surface area (TPSA) is 90.5 Å². The molecule has 0 aromatic heterocycles. The molecule has 1 aliphatic rings. The molecule has 6 heteroatoms. The Labute approximate surface area is 123 Å². The van der Waals surface area contributed by atoms with E-state index in [9.17, 15) is 14.7 Å². The zero-order valence-electron chi connectivity index (χ0n) is 11.8. The Balaban J connectivity index is 1.74. The lowest BCUT2D eigenvalue weighted by atomic mass is 9.96. The van der Waals surface area contributed by atoms with Crippen molar-refractivity contribution in [1.82, 2.24) is 16.2 Å². The summed E-state index contributed by atoms with van der Waals surface area (Å²) in [5.74, 6) is -0.667. The van der Waals surface area contributed by atoms with Gasteiger partial charge in [-0.2, -0.15) is 0 Å². The number of aliphatic hydroxyl groups excluding tert-OH is 1. The molecule has 21 heavy (non-hydrogen) atoms. The molecule has 0 radical (unpaired) electrons. The maximum atomic E-state index is 11.7. The molecule has 114 valence electrons. The van der Waals surface area contributed by atoms with Crippen LogP contribution in [0.5, 0.6) is 0 Å². The molecule has 0 spiro atoms. The third-order valence-electron chi connectivity index (χ3n) is 3.60. The van der Waals surface area contributed by atoms with Crippen molar-refractivity contribution in [2.24, 2.45) is 0 Å². The van der Waals surface area contributed by atoms with E-state index in [0.29, 0.717) is 5.56 Å². The molecular weight excluding hydrogens is 270 g/mol. The van der Waals surface area contributed by atoms with E-state index in [4.69, 9.17) is 0 Å². The van der Waals surface area contributed by atoms with Crippen LogP contribution in [0.1, 0.15) is 43.8 Å². The monoisotopic (exact) mass is 291 g/mol. The second-order valence-corrected chi connectivity index (χ2v) is 5.24. The number of hydrogen-bond donors (Lipinski definition) is 4. The number of carbonyl (C=O) groups is 2. The normalized spacial score (nSPS) is 16.8. The maximum absolute atomic E-state index is 11.7. The second kappa shape index (κ2) is 7.64. The SMILES string of the molecule is O=C(NNC(=O)[C@H](O)c1ccccc1)NC1CCCCC1. The number of amides is 3. The Bertz CT molecular complexity index is 472. The van der Waals surface area contributed by atoms with E-state index in [2.05, 4.69) is 16.2 Å². The number of nitrogens with one attached hydrogen (secondary N) is 3. The molecule has 1 fully saturated rings. The summed E-state index contributed by atoms with van der Waals surface area (Å²) in [6.45, 7) is 0. The van der Waals surface area contributed by atoms with E-state index < -0.39 is 18.0 Å². The highest BCUT2D eigenvalue weighted by Crippen LogP contribution is 2.17. The van der Waals surface area contributed by atoms with E-state index in [-0.39, 0.29) is 6.04 Å². The molecule has 1 aromatic rings. The summed E-state index contributed by atoms with van der Waals surface area (Å²) in [6.07, 6.45) is 4.07. The predicted octanol–water partition coefficient (Wildman–Crippen LogP) is 1.38. The second-order valence-electron chi connectivity index (χ2n) is 5.24. The third-order valence-corrected chi connectivity index (χ3v) is 3.60. The summed E-state index contributed by atoms with van der Waals surface area (Å²) < 4.78 is 0. The summed E-state index contributed by atoms with van der Waals surface area (Å²) >= 11 is 0. The van der Waals surface area contributed by atoms with Crippen LogP contribution >= 0.6 is 0 Å². The van der Waals surface area contributed by atoms with Crippen molar-refractivity contribution in [3.8, 4) is 0 Å². The number of urea groups is 1. The van der Waals surface area contributed by atoms with Crippen LogP contribution in [0.2, 0.25) is 0 Å². The van der Waals surface area contributed by atoms with Crippen LogP contribution in [0, 0.1) is 0 Å². The van der Waals surface area contributed by atoms with E-state index in [1.54, 1.807) is 30.3 Å². The lowest BCUT2D eigenvalue weighted by Crippen LogP contribution is -2.51. The van der Waals surface area contributed by atoms with Crippen LogP contribution in [-0.4, -0.2) is 23.1 Å². The molecule has 0 unspecified atom stereocenters. The van der Waals surface area contributed by atoms with Gasteiger partial charge in [-0.15, -0.1) is 0 Å². The zero-order chi connectivity index (χ0) is 15.1. The minimum absolute atomic E-state index is 0.162. The maximum Gasteiger partial charge on any atom is 0.333 e. The van der Waals surface area contributed by atoms with Crippen molar-refractivity contribution in [3.63, 3.8) is 0 Å². The number of hydrogen-bond acceptors (Lipinski definition) is 3. The van der Waals surface area contributed by atoms with E-state index in [1.165, 1.54) is 6.42 Å². The highest BCUT2D eigenvalue weighted by Gasteiger charge is 2.19. The van der Waals surface area contributed by atoms with Crippen LogP contribution in [0.25, 0.3) is 0 Å². The standard InChI is InChI=1S/C15H21N3O3/c19-13(11-7-3-1-4-8-11)14(20)17-18-15(21)16-12-9-5-2-6-10-12/h1,3-4,7-8,12-13,19H,2,5-6,9-10H2,(H,17,20)(H2,16,18,21)/t13-/m1/s1. The lowest BCUT2D eigenvalue weighted by Gasteiger charge is -2.23. The summed E-state index contributed by atoms with van der Waals surface area (Å²) in [5.41, 5.74) is 4.97. The van der Waals surface area contributed by atoms with E-state index in [0.717, 1.165) is 25.7 Å². The molecule has 0 aliphatic heterocycles. The Hall–Kier alpha value is -2.08. The molecule has 0 bridgehead atoms. The van der Waals surface area contributed by atoms with Crippen molar-refractivity contribution >= 4 is 11.9 Å². The van der Waals surface area contributed by atoms with Gasteiger partial charge in [-0.05, 0) is 18.4 Å². The Morgan fingerprint density at radius 1 is 1.05 bits per heavy atom. The first kappa shape index (κ1) is 15.3. The third kappa shape index (κ3) is 4.75.